The minimum atomic E-state index is -0.211. The fourth-order valence-corrected chi connectivity index (χ4v) is 1.93. The summed E-state index contributed by atoms with van der Waals surface area (Å²) >= 11 is 0. The van der Waals surface area contributed by atoms with Crippen molar-refractivity contribution in [2.24, 2.45) is 5.73 Å². The van der Waals surface area contributed by atoms with Crippen LogP contribution in [0.5, 0.6) is 0 Å². The Labute approximate surface area is 79.5 Å². The van der Waals surface area contributed by atoms with Gasteiger partial charge in [-0.3, -0.25) is 9.69 Å². The van der Waals surface area contributed by atoms with Gasteiger partial charge in [0.05, 0.1) is 6.04 Å². The predicted octanol–water partition coefficient (Wildman–Crippen LogP) is -0.456. The van der Waals surface area contributed by atoms with E-state index in [1.807, 2.05) is 14.0 Å². The third-order valence-corrected chi connectivity index (χ3v) is 2.82. The average molecular weight is 185 g/mol. The Morgan fingerprint density at radius 1 is 1.77 bits per heavy atom. The second kappa shape index (κ2) is 4.58. The van der Waals surface area contributed by atoms with Gasteiger partial charge in [0.15, 0.2) is 0 Å². The van der Waals surface area contributed by atoms with Crippen LogP contribution in [0.15, 0.2) is 0 Å². The molecule has 1 amide bonds. The summed E-state index contributed by atoms with van der Waals surface area (Å²) in [6.45, 7) is 4.01. The molecule has 1 saturated heterocycles. The standard InChI is InChI=1S/C9H19N3O/c1-3-8(9(10)13)12(2)7-4-5-11-6-7/h7-8,11H,3-6H2,1-2H3,(H2,10,13). The lowest BCUT2D eigenvalue weighted by atomic mass is 10.1. The quantitative estimate of drug-likeness (QED) is 0.623. The normalized spacial score (nSPS) is 25.0. The molecule has 4 heteroatoms. The van der Waals surface area contributed by atoms with E-state index in [4.69, 9.17) is 5.73 Å². The van der Waals surface area contributed by atoms with Crippen molar-refractivity contribution in [1.82, 2.24) is 10.2 Å². The van der Waals surface area contributed by atoms with E-state index in [0.717, 1.165) is 25.9 Å². The largest absolute Gasteiger partial charge is 0.368 e. The van der Waals surface area contributed by atoms with Crippen molar-refractivity contribution in [2.75, 3.05) is 20.1 Å². The molecule has 0 aromatic heterocycles. The van der Waals surface area contributed by atoms with E-state index in [1.54, 1.807) is 0 Å². The van der Waals surface area contributed by atoms with Crippen LogP contribution < -0.4 is 11.1 Å². The molecule has 1 rings (SSSR count). The fourth-order valence-electron chi connectivity index (χ4n) is 1.93. The summed E-state index contributed by atoms with van der Waals surface area (Å²) in [7, 11) is 1.98. The summed E-state index contributed by atoms with van der Waals surface area (Å²) < 4.78 is 0. The van der Waals surface area contributed by atoms with Gasteiger partial charge in [-0.25, -0.2) is 0 Å². The molecule has 0 saturated carbocycles. The van der Waals surface area contributed by atoms with Gasteiger partial charge in [-0.15, -0.1) is 0 Å². The van der Waals surface area contributed by atoms with Crippen molar-refractivity contribution < 1.29 is 4.79 Å². The monoisotopic (exact) mass is 185 g/mol. The second-order valence-electron chi connectivity index (χ2n) is 3.64. The molecule has 2 unspecified atom stereocenters. The number of carbonyl (C=O) groups excluding carboxylic acids is 1. The Hall–Kier alpha value is -0.610. The third kappa shape index (κ3) is 2.42. The van der Waals surface area contributed by atoms with Gasteiger partial charge in [0.1, 0.15) is 0 Å². The number of amides is 1. The Morgan fingerprint density at radius 3 is 2.85 bits per heavy atom. The maximum Gasteiger partial charge on any atom is 0.234 e. The Morgan fingerprint density at radius 2 is 2.46 bits per heavy atom. The molecular formula is C9H19N3O. The van der Waals surface area contributed by atoms with Crippen LogP contribution in [-0.4, -0.2) is 43.0 Å². The van der Waals surface area contributed by atoms with Crippen LogP contribution in [0.2, 0.25) is 0 Å². The van der Waals surface area contributed by atoms with Gasteiger partial charge in [0.2, 0.25) is 5.91 Å². The van der Waals surface area contributed by atoms with Gasteiger partial charge in [-0.1, -0.05) is 6.92 Å². The smallest absolute Gasteiger partial charge is 0.234 e. The topological polar surface area (TPSA) is 58.4 Å². The Kier molecular flexibility index (Phi) is 3.69. The molecule has 0 aliphatic carbocycles. The Balaban J connectivity index is 2.51. The van der Waals surface area contributed by atoms with Crippen LogP contribution in [0, 0.1) is 0 Å². The summed E-state index contributed by atoms with van der Waals surface area (Å²) in [6.07, 6.45) is 1.91. The average Bonchev–Trinajstić information content (AvgIpc) is 2.56. The highest BCUT2D eigenvalue weighted by Crippen LogP contribution is 2.11. The number of carbonyl (C=O) groups is 1. The van der Waals surface area contributed by atoms with Gasteiger partial charge in [-0.2, -0.15) is 0 Å². The fraction of sp³-hybridized carbons (Fsp3) is 0.889. The lowest BCUT2D eigenvalue weighted by Gasteiger charge is -2.29. The number of nitrogens with two attached hydrogens (primary N) is 1. The molecule has 0 radical (unpaired) electrons. The van der Waals surface area contributed by atoms with Crippen molar-refractivity contribution >= 4 is 5.91 Å². The zero-order valence-corrected chi connectivity index (χ0v) is 8.42. The molecule has 1 aliphatic rings. The van der Waals surface area contributed by atoms with Crippen molar-refractivity contribution in [2.45, 2.75) is 31.8 Å². The lowest BCUT2D eigenvalue weighted by Crippen LogP contribution is -2.48. The van der Waals surface area contributed by atoms with E-state index in [2.05, 4.69) is 10.2 Å². The number of primary amides is 1. The summed E-state index contributed by atoms with van der Waals surface area (Å²) in [5.74, 6) is -0.211. The molecule has 3 N–H and O–H groups in total. The maximum absolute atomic E-state index is 11.1. The van der Waals surface area contributed by atoms with Crippen molar-refractivity contribution in [3.8, 4) is 0 Å². The first-order valence-electron chi connectivity index (χ1n) is 4.88. The number of nitrogens with one attached hydrogen (secondary N) is 1. The number of hydrogen-bond acceptors (Lipinski definition) is 3. The van der Waals surface area contributed by atoms with E-state index in [9.17, 15) is 4.79 Å². The minimum Gasteiger partial charge on any atom is -0.368 e. The summed E-state index contributed by atoms with van der Waals surface area (Å²) in [6, 6.07) is 0.363. The highest BCUT2D eigenvalue weighted by Gasteiger charge is 2.27. The maximum atomic E-state index is 11.1. The van der Waals surface area contributed by atoms with Gasteiger partial charge >= 0.3 is 0 Å². The first-order chi connectivity index (χ1) is 6.16. The zero-order valence-electron chi connectivity index (χ0n) is 8.42. The van der Waals surface area contributed by atoms with Crippen LogP contribution in [0.4, 0.5) is 0 Å². The van der Waals surface area contributed by atoms with Gasteiger partial charge < -0.3 is 11.1 Å². The number of hydrogen-bond donors (Lipinski definition) is 2. The molecule has 1 heterocycles. The predicted molar refractivity (Wildman–Crippen MR) is 52.3 cm³/mol. The molecule has 0 spiro atoms. The molecule has 0 aromatic carbocycles. The molecule has 0 aromatic rings. The SMILES string of the molecule is CCC(C(N)=O)N(C)C1CCNC1. The molecule has 0 bridgehead atoms. The van der Waals surface area contributed by atoms with E-state index >= 15 is 0 Å². The highest BCUT2D eigenvalue weighted by molar-refractivity contribution is 5.79. The van der Waals surface area contributed by atoms with Crippen molar-refractivity contribution in [3.05, 3.63) is 0 Å². The molecule has 13 heavy (non-hydrogen) atoms. The van der Waals surface area contributed by atoms with Crippen LogP contribution in [0.3, 0.4) is 0 Å². The van der Waals surface area contributed by atoms with Gasteiger partial charge in [0, 0.05) is 12.6 Å². The highest BCUT2D eigenvalue weighted by atomic mass is 16.1. The van der Waals surface area contributed by atoms with E-state index in [1.165, 1.54) is 0 Å². The van der Waals surface area contributed by atoms with E-state index < -0.39 is 0 Å². The van der Waals surface area contributed by atoms with Gasteiger partial charge in [0.25, 0.3) is 0 Å². The van der Waals surface area contributed by atoms with Crippen LogP contribution in [-0.2, 0) is 4.79 Å². The molecule has 76 valence electrons. The van der Waals surface area contributed by atoms with Crippen molar-refractivity contribution in [1.29, 1.82) is 0 Å². The summed E-state index contributed by atoms with van der Waals surface area (Å²) in [4.78, 5) is 13.2. The molecule has 1 fully saturated rings. The van der Waals surface area contributed by atoms with E-state index in [-0.39, 0.29) is 11.9 Å². The molecular weight excluding hydrogens is 166 g/mol. The van der Waals surface area contributed by atoms with Gasteiger partial charge in [-0.05, 0) is 26.4 Å². The van der Waals surface area contributed by atoms with E-state index in [0.29, 0.717) is 6.04 Å². The number of nitrogens with zero attached hydrogens (tertiary/aromatic N) is 1. The lowest BCUT2D eigenvalue weighted by molar-refractivity contribution is -0.123. The first kappa shape index (κ1) is 10.5. The third-order valence-electron chi connectivity index (χ3n) is 2.82. The number of likely N-dealkylation sites (N-methyl/N-ethyl adjacent to an activating group) is 1. The van der Waals surface area contributed by atoms with Crippen molar-refractivity contribution in [3.63, 3.8) is 0 Å². The molecule has 2 atom stereocenters. The van der Waals surface area contributed by atoms with Crippen LogP contribution in [0.1, 0.15) is 19.8 Å². The van der Waals surface area contributed by atoms with Crippen LogP contribution >= 0.6 is 0 Å². The summed E-state index contributed by atoms with van der Waals surface area (Å²) in [5, 5.41) is 3.28. The molecule has 4 nitrogen and oxygen atoms in total. The zero-order chi connectivity index (χ0) is 9.84. The second-order valence-corrected chi connectivity index (χ2v) is 3.64. The van der Waals surface area contributed by atoms with Crippen LogP contribution in [0.25, 0.3) is 0 Å². The minimum absolute atomic E-state index is 0.107. The summed E-state index contributed by atoms with van der Waals surface area (Å²) in [5.41, 5.74) is 5.31. The Bertz CT molecular complexity index is 178. The molecule has 1 aliphatic heterocycles. The first-order valence-corrected chi connectivity index (χ1v) is 4.88. The number of rotatable bonds is 4.